The lowest BCUT2D eigenvalue weighted by molar-refractivity contribution is -0.137. The number of methoxy groups -OCH3 is 1. The predicted octanol–water partition coefficient (Wildman–Crippen LogP) is 8.05. The first kappa shape index (κ1) is 27.7. The maximum atomic E-state index is 15.4. The van der Waals surface area contributed by atoms with E-state index >= 15 is 4.39 Å². The minimum absolute atomic E-state index is 0.0207. The van der Waals surface area contributed by atoms with Crippen LogP contribution < -0.4 is 4.74 Å². The quantitative estimate of drug-likeness (QED) is 0.290. The molecule has 1 aliphatic rings. The zero-order valence-corrected chi connectivity index (χ0v) is 22.1. The van der Waals surface area contributed by atoms with Gasteiger partial charge in [0.2, 0.25) is 0 Å². The topological polar surface area (TPSA) is 55.8 Å². The van der Waals surface area contributed by atoms with Gasteiger partial charge in [-0.1, -0.05) is 45.0 Å². The third-order valence-corrected chi connectivity index (χ3v) is 7.01. The molecular weight excluding hydrogens is 493 g/mol. The molecule has 202 valence electrons. The molecule has 38 heavy (non-hydrogen) atoms. The molecule has 2 atom stereocenters. The van der Waals surface area contributed by atoms with E-state index in [1.165, 1.54) is 6.07 Å². The van der Waals surface area contributed by atoms with Crippen molar-refractivity contribution in [3.63, 3.8) is 0 Å². The second kappa shape index (κ2) is 11.2. The molecule has 1 fully saturated rings. The van der Waals surface area contributed by atoms with Crippen LogP contribution in [0.4, 0.5) is 13.2 Å². The molecule has 1 N–H and O–H groups in total. The van der Waals surface area contributed by atoms with E-state index in [2.05, 4.69) is 0 Å². The molecule has 0 spiro atoms. The number of carboxylic acid groups (broad SMARTS) is 1. The van der Waals surface area contributed by atoms with E-state index < -0.39 is 35.4 Å². The minimum Gasteiger partial charge on any atom is -0.486 e. The van der Waals surface area contributed by atoms with Crippen LogP contribution in [0.3, 0.4) is 0 Å². The third kappa shape index (κ3) is 6.21. The van der Waals surface area contributed by atoms with Gasteiger partial charge < -0.3 is 14.6 Å². The van der Waals surface area contributed by atoms with Crippen LogP contribution in [0.5, 0.6) is 5.75 Å². The maximum Gasteiger partial charge on any atom is 0.303 e. The lowest BCUT2D eigenvalue weighted by Crippen LogP contribution is -2.21. The van der Waals surface area contributed by atoms with E-state index in [1.807, 2.05) is 26.8 Å². The zero-order chi connectivity index (χ0) is 27.6. The van der Waals surface area contributed by atoms with E-state index in [0.717, 1.165) is 31.0 Å². The molecule has 0 aromatic heterocycles. The van der Waals surface area contributed by atoms with E-state index in [1.54, 1.807) is 31.4 Å². The normalized spacial score (nSPS) is 15.2. The van der Waals surface area contributed by atoms with Crippen LogP contribution >= 0.6 is 0 Å². The highest BCUT2D eigenvalue weighted by Gasteiger charge is 2.36. The smallest absolute Gasteiger partial charge is 0.303 e. The number of hydrogen-bond donors (Lipinski definition) is 1. The largest absolute Gasteiger partial charge is 0.486 e. The Balaban J connectivity index is 1.66. The first-order valence-electron chi connectivity index (χ1n) is 12.7. The number of rotatable bonds is 10. The molecule has 0 saturated heterocycles. The number of benzene rings is 3. The summed E-state index contributed by atoms with van der Waals surface area (Å²) in [4.78, 5) is 11.4. The molecule has 0 heterocycles. The van der Waals surface area contributed by atoms with Gasteiger partial charge in [-0.25, -0.2) is 13.2 Å². The molecule has 1 aliphatic carbocycles. The first-order chi connectivity index (χ1) is 18.0. The Morgan fingerprint density at radius 1 is 1.00 bits per heavy atom. The Labute approximate surface area is 221 Å². The number of ether oxygens (including phenoxy) is 2. The second-order valence-corrected chi connectivity index (χ2v) is 11.0. The van der Waals surface area contributed by atoms with Gasteiger partial charge in [0.15, 0.2) is 11.6 Å². The van der Waals surface area contributed by atoms with Crippen LogP contribution in [-0.2, 0) is 16.1 Å². The number of aliphatic carboxylic acids is 1. The second-order valence-electron chi connectivity index (χ2n) is 11.0. The van der Waals surface area contributed by atoms with E-state index in [9.17, 15) is 18.7 Å². The zero-order valence-electron chi connectivity index (χ0n) is 22.1. The average molecular weight is 527 g/mol. The highest BCUT2D eigenvalue weighted by molar-refractivity contribution is 5.69. The van der Waals surface area contributed by atoms with Crippen LogP contribution in [0.1, 0.15) is 68.7 Å². The van der Waals surface area contributed by atoms with Crippen molar-refractivity contribution >= 4 is 5.97 Å². The van der Waals surface area contributed by atoms with Crippen molar-refractivity contribution in [3.05, 3.63) is 88.7 Å². The highest BCUT2D eigenvalue weighted by Crippen LogP contribution is 2.46. The van der Waals surface area contributed by atoms with Crippen LogP contribution in [0, 0.1) is 28.8 Å². The number of halogens is 3. The Morgan fingerprint density at radius 2 is 1.74 bits per heavy atom. The van der Waals surface area contributed by atoms with Gasteiger partial charge in [0.25, 0.3) is 0 Å². The van der Waals surface area contributed by atoms with Gasteiger partial charge in [-0.3, -0.25) is 4.79 Å². The fraction of sp³-hybridized carbons (Fsp3) is 0.387. The Morgan fingerprint density at radius 3 is 2.37 bits per heavy atom. The van der Waals surface area contributed by atoms with Gasteiger partial charge in [0.05, 0.1) is 12.5 Å². The number of hydrogen-bond acceptors (Lipinski definition) is 3. The molecule has 3 aromatic carbocycles. The predicted molar refractivity (Wildman–Crippen MR) is 139 cm³/mol. The SMILES string of the molecule is CO[C@H](c1cc(COc2cccc([C@@H](CC(=O)O)C3CC3)c2F)ccc1-c1cc(F)ccc1F)C(C)(C)C. The summed E-state index contributed by atoms with van der Waals surface area (Å²) in [6.45, 7) is 5.99. The van der Waals surface area contributed by atoms with Gasteiger partial charge in [-0.2, -0.15) is 0 Å². The fourth-order valence-corrected chi connectivity index (χ4v) is 5.12. The fourth-order valence-electron chi connectivity index (χ4n) is 5.12. The first-order valence-corrected chi connectivity index (χ1v) is 12.7. The summed E-state index contributed by atoms with van der Waals surface area (Å²) >= 11 is 0. The Hall–Kier alpha value is -3.32. The molecule has 0 unspecified atom stereocenters. The van der Waals surface area contributed by atoms with Gasteiger partial charge in [-0.15, -0.1) is 0 Å². The summed E-state index contributed by atoms with van der Waals surface area (Å²) < 4.78 is 55.9. The lowest BCUT2D eigenvalue weighted by atomic mass is 9.81. The molecule has 3 aromatic rings. The van der Waals surface area contributed by atoms with Gasteiger partial charge in [-0.05, 0) is 76.8 Å². The number of carbonyl (C=O) groups is 1. The molecule has 0 aliphatic heterocycles. The summed E-state index contributed by atoms with van der Waals surface area (Å²) in [6, 6.07) is 13.4. The standard InChI is InChI=1S/C31H33F3O4/c1-31(2,3)30(37-4)25-14-18(8-12-21(25)24-15-20(32)11-13-26(24)33)17-38-27-7-5-6-22(29(27)34)23(16-28(35)36)19-9-10-19/h5-8,11-15,19,23,30H,9-10,16-17H2,1-4H3,(H,35,36)/t23-,30+/m0/s1. The van der Waals surface area contributed by atoms with Crippen molar-refractivity contribution < 1.29 is 32.5 Å². The molecule has 7 heteroatoms. The summed E-state index contributed by atoms with van der Waals surface area (Å²) in [5, 5.41) is 9.31. The van der Waals surface area contributed by atoms with E-state index in [0.29, 0.717) is 22.3 Å². The summed E-state index contributed by atoms with van der Waals surface area (Å²) in [6.07, 6.45) is 1.20. The molecule has 4 nitrogen and oxygen atoms in total. The third-order valence-electron chi connectivity index (χ3n) is 7.01. The molecule has 4 rings (SSSR count). The van der Waals surface area contributed by atoms with Crippen molar-refractivity contribution in [1.82, 2.24) is 0 Å². The highest BCUT2D eigenvalue weighted by atomic mass is 19.1. The number of carboxylic acids is 1. The monoisotopic (exact) mass is 526 g/mol. The van der Waals surface area contributed by atoms with Crippen molar-refractivity contribution in [3.8, 4) is 16.9 Å². The van der Waals surface area contributed by atoms with Gasteiger partial charge in [0, 0.05) is 18.6 Å². The summed E-state index contributed by atoms with van der Waals surface area (Å²) in [5.74, 6) is -2.79. The van der Waals surface area contributed by atoms with Gasteiger partial charge in [0.1, 0.15) is 18.2 Å². The minimum atomic E-state index is -0.957. The van der Waals surface area contributed by atoms with Crippen LogP contribution in [0.15, 0.2) is 54.6 Å². The summed E-state index contributed by atoms with van der Waals surface area (Å²) in [5.41, 5.74) is 1.98. The lowest BCUT2D eigenvalue weighted by Gasteiger charge is -2.32. The molecule has 0 bridgehead atoms. The Bertz CT molecular complexity index is 1310. The van der Waals surface area contributed by atoms with Crippen molar-refractivity contribution in [2.24, 2.45) is 11.3 Å². The van der Waals surface area contributed by atoms with Crippen molar-refractivity contribution in [2.45, 2.75) is 58.7 Å². The van der Waals surface area contributed by atoms with E-state index in [-0.39, 0.29) is 35.7 Å². The Kier molecular flexibility index (Phi) is 8.16. The van der Waals surface area contributed by atoms with Crippen molar-refractivity contribution in [2.75, 3.05) is 7.11 Å². The van der Waals surface area contributed by atoms with Crippen LogP contribution in [-0.4, -0.2) is 18.2 Å². The summed E-state index contributed by atoms with van der Waals surface area (Å²) in [7, 11) is 1.57. The molecule has 0 radical (unpaired) electrons. The molecular formula is C31H33F3O4. The van der Waals surface area contributed by atoms with Crippen LogP contribution in [0.2, 0.25) is 0 Å². The van der Waals surface area contributed by atoms with Gasteiger partial charge >= 0.3 is 5.97 Å². The maximum absolute atomic E-state index is 15.4. The average Bonchev–Trinajstić information content (AvgIpc) is 3.69. The van der Waals surface area contributed by atoms with E-state index in [4.69, 9.17) is 9.47 Å². The van der Waals surface area contributed by atoms with Crippen LogP contribution in [0.25, 0.3) is 11.1 Å². The van der Waals surface area contributed by atoms with Crippen molar-refractivity contribution in [1.29, 1.82) is 0 Å². The molecule has 0 amide bonds. The molecule has 1 saturated carbocycles.